The first kappa shape index (κ1) is 14.3. The van der Waals surface area contributed by atoms with Gasteiger partial charge in [0.15, 0.2) is 11.6 Å². The third kappa shape index (κ3) is 2.91. The molecule has 1 aromatic carbocycles. The largest absolute Gasteiger partial charge is 0.453 e. The predicted molar refractivity (Wildman–Crippen MR) is 78.6 cm³/mol. The number of nitrogens with two attached hydrogens (primary N) is 2. The van der Waals surface area contributed by atoms with Crippen LogP contribution in [0.2, 0.25) is 0 Å². The maximum Gasteiger partial charge on any atom is 0.167 e. The topological polar surface area (TPSA) is 91.2 Å². The molecule has 5 nitrogen and oxygen atoms in total. The Hall–Kier alpha value is -2.07. The maximum atomic E-state index is 13.7. The second-order valence-corrected chi connectivity index (χ2v) is 7.83. The van der Waals surface area contributed by atoms with Crippen molar-refractivity contribution in [3.05, 3.63) is 36.3 Å². The summed E-state index contributed by atoms with van der Waals surface area (Å²) in [5.41, 5.74) is 11.5. The molecular formula is C13H15FN3O2P. The fourth-order valence-corrected chi connectivity index (χ4v) is 3.05. The van der Waals surface area contributed by atoms with Gasteiger partial charge in [0.25, 0.3) is 0 Å². The Balaban J connectivity index is 2.49. The van der Waals surface area contributed by atoms with Crippen LogP contribution in [0.5, 0.6) is 11.5 Å². The fourth-order valence-electron chi connectivity index (χ4n) is 1.79. The molecule has 0 aliphatic heterocycles. The van der Waals surface area contributed by atoms with Crippen molar-refractivity contribution in [2.75, 3.05) is 24.8 Å². The molecule has 0 unspecified atom stereocenters. The Morgan fingerprint density at radius 1 is 1.20 bits per heavy atom. The molecule has 1 aromatic heterocycles. The van der Waals surface area contributed by atoms with Crippen LogP contribution in [0, 0.1) is 5.82 Å². The molecule has 106 valence electrons. The summed E-state index contributed by atoms with van der Waals surface area (Å²) in [5, 5.41) is 0.302. The molecule has 0 saturated heterocycles. The van der Waals surface area contributed by atoms with E-state index in [0.29, 0.717) is 11.0 Å². The smallest absolute Gasteiger partial charge is 0.167 e. The SMILES string of the molecule is CP(C)(=O)c1c(Oc2ccc(N)cc2F)ccnc1N. The van der Waals surface area contributed by atoms with Crippen LogP contribution in [0.4, 0.5) is 15.9 Å². The molecule has 0 spiro atoms. The Morgan fingerprint density at radius 3 is 2.50 bits per heavy atom. The zero-order chi connectivity index (χ0) is 14.9. The molecule has 4 N–H and O–H groups in total. The van der Waals surface area contributed by atoms with Gasteiger partial charge in [-0.25, -0.2) is 9.37 Å². The van der Waals surface area contributed by atoms with E-state index in [1.807, 2.05) is 0 Å². The van der Waals surface area contributed by atoms with Gasteiger partial charge in [0.05, 0.1) is 5.30 Å². The van der Waals surface area contributed by atoms with Crippen LogP contribution in [0.25, 0.3) is 0 Å². The molecular weight excluding hydrogens is 280 g/mol. The zero-order valence-corrected chi connectivity index (χ0v) is 12.0. The van der Waals surface area contributed by atoms with E-state index in [1.54, 1.807) is 13.3 Å². The summed E-state index contributed by atoms with van der Waals surface area (Å²) in [6, 6.07) is 5.57. The van der Waals surface area contributed by atoms with Gasteiger partial charge in [-0.2, -0.15) is 0 Å². The molecule has 0 aliphatic carbocycles. The molecule has 7 heteroatoms. The molecule has 0 radical (unpaired) electrons. The molecule has 2 aromatic rings. The lowest BCUT2D eigenvalue weighted by atomic mass is 10.3. The molecule has 0 bridgehead atoms. The molecule has 0 aliphatic rings. The van der Waals surface area contributed by atoms with Crippen LogP contribution >= 0.6 is 7.14 Å². The summed E-state index contributed by atoms with van der Waals surface area (Å²) in [6.07, 6.45) is 1.42. The maximum absolute atomic E-state index is 13.7. The average molecular weight is 295 g/mol. The van der Waals surface area contributed by atoms with Crippen LogP contribution in [0.15, 0.2) is 30.5 Å². The van der Waals surface area contributed by atoms with E-state index >= 15 is 0 Å². The van der Waals surface area contributed by atoms with Crippen LogP contribution in [-0.2, 0) is 4.57 Å². The van der Waals surface area contributed by atoms with E-state index in [-0.39, 0.29) is 17.3 Å². The first-order valence-corrected chi connectivity index (χ1v) is 8.42. The summed E-state index contributed by atoms with van der Waals surface area (Å²) < 4.78 is 31.5. The monoisotopic (exact) mass is 295 g/mol. The number of rotatable bonds is 3. The van der Waals surface area contributed by atoms with Gasteiger partial charge in [-0.3, -0.25) is 0 Å². The van der Waals surface area contributed by atoms with Crippen LogP contribution in [0.3, 0.4) is 0 Å². The number of nitrogens with zero attached hydrogens (tertiary/aromatic N) is 1. The highest BCUT2D eigenvalue weighted by Crippen LogP contribution is 2.41. The van der Waals surface area contributed by atoms with E-state index < -0.39 is 13.0 Å². The minimum absolute atomic E-state index is 0.0144. The highest BCUT2D eigenvalue weighted by Gasteiger charge is 2.22. The summed E-state index contributed by atoms with van der Waals surface area (Å²) >= 11 is 0. The van der Waals surface area contributed by atoms with E-state index in [9.17, 15) is 8.96 Å². The average Bonchev–Trinajstić information content (AvgIpc) is 2.31. The normalized spacial score (nSPS) is 11.3. The number of hydrogen-bond donors (Lipinski definition) is 2. The van der Waals surface area contributed by atoms with Crippen molar-refractivity contribution in [2.24, 2.45) is 0 Å². The number of halogens is 1. The number of anilines is 2. The second kappa shape index (κ2) is 5.13. The number of benzene rings is 1. The van der Waals surface area contributed by atoms with Crippen molar-refractivity contribution in [3.63, 3.8) is 0 Å². The molecule has 0 amide bonds. The first-order chi connectivity index (χ1) is 9.29. The van der Waals surface area contributed by atoms with Crippen molar-refractivity contribution >= 4 is 24.0 Å². The van der Waals surface area contributed by atoms with E-state index in [1.165, 1.54) is 24.4 Å². The Bertz CT molecular complexity index is 700. The standard InChI is InChI=1S/C13H15FN3O2P/c1-20(2,18)12-11(5-6-17-13(12)16)19-10-4-3-8(15)7-9(10)14/h3-7H,15H2,1-2H3,(H2,16,17). The second-order valence-electron chi connectivity index (χ2n) is 4.69. The molecule has 2 rings (SSSR count). The lowest BCUT2D eigenvalue weighted by Gasteiger charge is -2.16. The fraction of sp³-hybridized carbons (Fsp3) is 0.154. The highest BCUT2D eigenvalue weighted by molar-refractivity contribution is 7.70. The van der Waals surface area contributed by atoms with Gasteiger partial charge in [0, 0.05) is 24.0 Å². The van der Waals surface area contributed by atoms with E-state index in [2.05, 4.69) is 4.98 Å². The van der Waals surface area contributed by atoms with Crippen molar-refractivity contribution in [1.29, 1.82) is 0 Å². The van der Waals surface area contributed by atoms with Crippen molar-refractivity contribution in [3.8, 4) is 11.5 Å². The molecule has 20 heavy (non-hydrogen) atoms. The van der Waals surface area contributed by atoms with Crippen LogP contribution in [-0.4, -0.2) is 18.3 Å². The summed E-state index contributed by atoms with van der Waals surface area (Å²) in [7, 11) is -2.71. The lowest BCUT2D eigenvalue weighted by Crippen LogP contribution is -2.14. The van der Waals surface area contributed by atoms with Gasteiger partial charge in [-0.15, -0.1) is 0 Å². The van der Waals surface area contributed by atoms with Crippen LogP contribution in [0.1, 0.15) is 0 Å². The molecule has 0 fully saturated rings. The minimum atomic E-state index is -2.71. The van der Waals surface area contributed by atoms with Gasteiger partial charge in [0.1, 0.15) is 18.7 Å². The number of ether oxygens (including phenoxy) is 1. The number of aromatic nitrogens is 1. The van der Waals surface area contributed by atoms with Crippen molar-refractivity contribution in [1.82, 2.24) is 4.98 Å². The lowest BCUT2D eigenvalue weighted by molar-refractivity contribution is 0.445. The number of nitrogen functional groups attached to an aromatic ring is 2. The molecule has 1 heterocycles. The van der Waals surface area contributed by atoms with Crippen LogP contribution < -0.4 is 21.5 Å². The summed E-state index contributed by atoms with van der Waals surface area (Å²) in [4.78, 5) is 3.90. The summed E-state index contributed by atoms with van der Waals surface area (Å²) in [6.45, 7) is 3.10. The third-order valence-corrected chi connectivity index (χ3v) is 4.16. The van der Waals surface area contributed by atoms with Crippen molar-refractivity contribution < 1.29 is 13.7 Å². The first-order valence-electron chi connectivity index (χ1n) is 5.82. The van der Waals surface area contributed by atoms with Gasteiger partial charge < -0.3 is 20.8 Å². The Morgan fingerprint density at radius 2 is 1.90 bits per heavy atom. The number of pyridine rings is 1. The van der Waals surface area contributed by atoms with E-state index in [0.717, 1.165) is 6.07 Å². The van der Waals surface area contributed by atoms with Gasteiger partial charge in [0.2, 0.25) is 0 Å². The van der Waals surface area contributed by atoms with Gasteiger partial charge >= 0.3 is 0 Å². The quantitative estimate of drug-likeness (QED) is 0.670. The van der Waals surface area contributed by atoms with E-state index in [4.69, 9.17) is 16.2 Å². The Labute approximate surface area is 116 Å². The molecule has 0 atom stereocenters. The zero-order valence-electron chi connectivity index (χ0n) is 11.1. The minimum Gasteiger partial charge on any atom is -0.453 e. The van der Waals surface area contributed by atoms with Gasteiger partial charge in [-0.05, 0) is 25.5 Å². The predicted octanol–water partition coefficient (Wildman–Crippen LogP) is 2.43. The highest BCUT2D eigenvalue weighted by atomic mass is 31.2. The summed E-state index contributed by atoms with van der Waals surface area (Å²) in [5.74, 6) is -0.269. The van der Waals surface area contributed by atoms with Crippen molar-refractivity contribution in [2.45, 2.75) is 0 Å². The molecule has 0 saturated carbocycles. The Kier molecular flexibility index (Phi) is 3.68. The van der Waals surface area contributed by atoms with Gasteiger partial charge in [-0.1, -0.05) is 0 Å². The number of hydrogen-bond acceptors (Lipinski definition) is 5. The third-order valence-electron chi connectivity index (χ3n) is 2.63.